The summed E-state index contributed by atoms with van der Waals surface area (Å²) in [6.07, 6.45) is 2.34. The SMILES string of the molecule is CN(C)CCCNC1CC(Cl)C1(C)C. The first-order valence-corrected chi connectivity index (χ1v) is 5.90. The molecule has 0 aromatic heterocycles. The van der Waals surface area contributed by atoms with Gasteiger partial charge in [-0.1, -0.05) is 13.8 Å². The molecule has 14 heavy (non-hydrogen) atoms. The second kappa shape index (κ2) is 4.82. The van der Waals surface area contributed by atoms with E-state index in [4.69, 9.17) is 11.6 Å². The van der Waals surface area contributed by atoms with Crippen LogP contribution in [0.25, 0.3) is 0 Å². The van der Waals surface area contributed by atoms with Crippen molar-refractivity contribution in [2.24, 2.45) is 5.41 Å². The van der Waals surface area contributed by atoms with Crippen LogP contribution in [0.1, 0.15) is 26.7 Å². The molecule has 2 unspecified atom stereocenters. The van der Waals surface area contributed by atoms with Crippen molar-refractivity contribution in [1.29, 1.82) is 0 Å². The Balaban J connectivity index is 2.09. The summed E-state index contributed by atoms with van der Waals surface area (Å²) in [7, 11) is 4.23. The maximum atomic E-state index is 6.15. The smallest absolute Gasteiger partial charge is 0.0416 e. The van der Waals surface area contributed by atoms with Gasteiger partial charge in [-0.3, -0.25) is 0 Å². The van der Waals surface area contributed by atoms with Gasteiger partial charge in [-0.2, -0.15) is 0 Å². The van der Waals surface area contributed by atoms with E-state index < -0.39 is 0 Å². The molecule has 0 aromatic rings. The molecule has 1 rings (SSSR count). The van der Waals surface area contributed by atoms with Gasteiger partial charge in [0.25, 0.3) is 0 Å². The molecule has 1 aliphatic rings. The number of nitrogens with one attached hydrogen (secondary N) is 1. The zero-order valence-corrected chi connectivity index (χ0v) is 10.6. The van der Waals surface area contributed by atoms with Crippen molar-refractivity contribution in [2.45, 2.75) is 38.1 Å². The zero-order valence-electron chi connectivity index (χ0n) is 9.81. The van der Waals surface area contributed by atoms with Crippen LogP contribution in [-0.4, -0.2) is 43.5 Å². The maximum Gasteiger partial charge on any atom is 0.0416 e. The predicted molar refractivity (Wildman–Crippen MR) is 63.0 cm³/mol. The highest BCUT2D eigenvalue weighted by Gasteiger charge is 2.46. The van der Waals surface area contributed by atoms with E-state index in [1.54, 1.807) is 0 Å². The average Bonchev–Trinajstić information content (AvgIpc) is 2.10. The van der Waals surface area contributed by atoms with Crippen LogP contribution in [-0.2, 0) is 0 Å². The van der Waals surface area contributed by atoms with Gasteiger partial charge in [0.2, 0.25) is 0 Å². The normalized spacial score (nSPS) is 30.4. The third-order valence-electron chi connectivity index (χ3n) is 3.32. The predicted octanol–water partition coefficient (Wildman–Crippen LogP) is 1.93. The van der Waals surface area contributed by atoms with E-state index in [1.807, 2.05) is 0 Å². The van der Waals surface area contributed by atoms with Crippen molar-refractivity contribution in [2.75, 3.05) is 27.2 Å². The zero-order chi connectivity index (χ0) is 10.8. The molecule has 1 aliphatic carbocycles. The molecule has 2 atom stereocenters. The fourth-order valence-corrected chi connectivity index (χ4v) is 2.22. The lowest BCUT2D eigenvalue weighted by Crippen LogP contribution is -2.58. The van der Waals surface area contributed by atoms with Gasteiger partial charge in [-0.25, -0.2) is 0 Å². The number of nitrogens with zero attached hydrogens (tertiary/aromatic N) is 1. The first-order valence-electron chi connectivity index (χ1n) is 5.46. The molecule has 84 valence electrons. The van der Waals surface area contributed by atoms with E-state index >= 15 is 0 Å². The fraction of sp³-hybridized carbons (Fsp3) is 1.00. The molecule has 0 bridgehead atoms. The second-order valence-electron chi connectivity index (χ2n) is 5.19. The van der Waals surface area contributed by atoms with Gasteiger partial charge in [-0.15, -0.1) is 11.6 Å². The summed E-state index contributed by atoms with van der Waals surface area (Å²) in [5.74, 6) is 0. The van der Waals surface area contributed by atoms with Gasteiger partial charge < -0.3 is 10.2 Å². The molecule has 1 fully saturated rings. The molecule has 0 spiro atoms. The highest BCUT2D eigenvalue weighted by Crippen LogP contribution is 2.44. The summed E-state index contributed by atoms with van der Waals surface area (Å²) in [6, 6.07) is 0.618. The van der Waals surface area contributed by atoms with Crippen molar-refractivity contribution in [3.63, 3.8) is 0 Å². The third kappa shape index (κ3) is 2.85. The van der Waals surface area contributed by atoms with Crippen LogP contribution in [0.5, 0.6) is 0 Å². The molecule has 0 saturated heterocycles. The quantitative estimate of drug-likeness (QED) is 0.561. The van der Waals surface area contributed by atoms with Crippen molar-refractivity contribution in [3.8, 4) is 0 Å². The maximum absolute atomic E-state index is 6.15. The largest absolute Gasteiger partial charge is 0.313 e. The van der Waals surface area contributed by atoms with E-state index in [1.165, 1.54) is 6.42 Å². The lowest BCUT2D eigenvalue weighted by molar-refractivity contribution is 0.116. The van der Waals surface area contributed by atoms with Crippen molar-refractivity contribution < 1.29 is 0 Å². The number of hydrogen-bond donors (Lipinski definition) is 1. The molecular weight excluding hydrogens is 196 g/mol. The van der Waals surface area contributed by atoms with Crippen LogP contribution in [0, 0.1) is 5.41 Å². The van der Waals surface area contributed by atoms with Crippen molar-refractivity contribution in [1.82, 2.24) is 10.2 Å². The number of halogens is 1. The minimum atomic E-state index is 0.277. The lowest BCUT2D eigenvalue weighted by atomic mass is 9.67. The Morgan fingerprint density at radius 1 is 1.43 bits per heavy atom. The van der Waals surface area contributed by atoms with Crippen LogP contribution in [0.2, 0.25) is 0 Å². The topological polar surface area (TPSA) is 15.3 Å². The molecule has 3 heteroatoms. The Bertz CT molecular complexity index is 180. The molecule has 1 saturated carbocycles. The minimum absolute atomic E-state index is 0.277. The summed E-state index contributed by atoms with van der Waals surface area (Å²) in [6.45, 7) is 6.76. The summed E-state index contributed by atoms with van der Waals surface area (Å²) in [5.41, 5.74) is 0.277. The summed E-state index contributed by atoms with van der Waals surface area (Å²) < 4.78 is 0. The third-order valence-corrected chi connectivity index (χ3v) is 4.06. The highest BCUT2D eigenvalue weighted by atomic mass is 35.5. The van der Waals surface area contributed by atoms with Crippen LogP contribution >= 0.6 is 11.6 Å². The highest BCUT2D eigenvalue weighted by molar-refractivity contribution is 6.21. The fourth-order valence-electron chi connectivity index (χ4n) is 1.89. The van der Waals surface area contributed by atoms with Crippen molar-refractivity contribution in [3.05, 3.63) is 0 Å². The lowest BCUT2D eigenvalue weighted by Gasteiger charge is -2.49. The molecule has 0 aromatic carbocycles. The Hall–Kier alpha value is 0.210. The van der Waals surface area contributed by atoms with Gasteiger partial charge in [0, 0.05) is 11.4 Å². The minimum Gasteiger partial charge on any atom is -0.313 e. The van der Waals surface area contributed by atoms with Gasteiger partial charge >= 0.3 is 0 Å². The van der Waals surface area contributed by atoms with Crippen LogP contribution < -0.4 is 5.32 Å². The van der Waals surface area contributed by atoms with Crippen LogP contribution in [0.4, 0.5) is 0 Å². The molecule has 0 aliphatic heterocycles. The Labute approximate surface area is 93.0 Å². The van der Waals surface area contributed by atoms with E-state index in [0.29, 0.717) is 11.4 Å². The second-order valence-corrected chi connectivity index (χ2v) is 5.71. The Morgan fingerprint density at radius 3 is 2.50 bits per heavy atom. The van der Waals surface area contributed by atoms with Gasteiger partial charge in [0.15, 0.2) is 0 Å². The molecule has 2 nitrogen and oxygen atoms in total. The molecule has 0 amide bonds. The van der Waals surface area contributed by atoms with Crippen LogP contribution in [0.15, 0.2) is 0 Å². The monoisotopic (exact) mass is 218 g/mol. The standard InChI is InChI=1S/C11H23ClN2/c1-11(2)9(12)8-10(11)13-6-5-7-14(3)4/h9-10,13H,5-8H2,1-4H3. The van der Waals surface area contributed by atoms with E-state index in [2.05, 4.69) is 38.2 Å². The average molecular weight is 219 g/mol. The molecule has 0 radical (unpaired) electrons. The van der Waals surface area contributed by atoms with Gasteiger partial charge in [-0.05, 0) is 45.4 Å². The first kappa shape index (κ1) is 12.3. The van der Waals surface area contributed by atoms with E-state index in [9.17, 15) is 0 Å². The first-order chi connectivity index (χ1) is 6.44. The molecular formula is C11H23ClN2. The molecule has 0 heterocycles. The van der Waals surface area contributed by atoms with Gasteiger partial charge in [0.05, 0.1) is 0 Å². The van der Waals surface area contributed by atoms with Crippen LogP contribution in [0.3, 0.4) is 0 Å². The van der Waals surface area contributed by atoms with E-state index in [-0.39, 0.29) is 5.41 Å². The summed E-state index contributed by atoms with van der Waals surface area (Å²) >= 11 is 6.15. The Kier molecular flexibility index (Phi) is 4.23. The van der Waals surface area contributed by atoms with E-state index in [0.717, 1.165) is 19.5 Å². The molecule has 1 N–H and O–H groups in total. The summed E-state index contributed by atoms with van der Waals surface area (Å²) in [4.78, 5) is 2.22. The van der Waals surface area contributed by atoms with Crippen molar-refractivity contribution >= 4 is 11.6 Å². The van der Waals surface area contributed by atoms with Gasteiger partial charge in [0.1, 0.15) is 0 Å². The number of rotatable bonds is 5. The summed E-state index contributed by atoms with van der Waals surface area (Å²) in [5, 5.41) is 3.94. The number of hydrogen-bond acceptors (Lipinski definition) is 2. The Morgan fingerprint density at radius 2 is 2.07 bits per heavy atom. The number of alkyl halides is 1.